The van der Waals surface area contributed by atoms with Gasteiger partial charge in [-0.15, -0.1) is 0 Å². The Kier molecular flexibility index (Phi) is 3.52. The molecule has 1 spiro atoms. The number of imide groups is 1. The largest absolute Gasteiger partial charge is 0.508 e. The van der Waals surface area contributed by atoms with Gasteiger partial charge in [-0.3, -0.25) is 14.5 Å². The predicted octanol–water partition coefficient (Wildman–Crippen LogP) is 3.32. The second-order valence-corrected chi connectivity index (χ2v) is 7.89. The summed E-state index contributed by atoms with van der Waals surface area (Å²) >= 11 is 0. The van der Waals surface area contributed by atoms with Crippen LogP contribution in [0.4, 0.5) is 5.69 Å². The lowest BCUT2D eigenvalue weighted by molar-refractivity contribution is -0.121. The predicted molar refractivity (Wildman–Crippen MR) is 110 cm³/mol. The van der Waals surface area contributed by atoms with Crippen LogP contribution >= 0.6 is 0 Å². The fourth-order valence-corrected chi connectivity index (χ4v) is 4.70. The van der Waals surface area contributed by atoms with Crippen LogP contribution in [-0.4, -0.2) is 28.0 Å². The molecular formula is C24H15NO7. The van der Waals surface area contributed by atoms with Gasteiger partial charge in [-0.2, -0.15) is 0 Å². The molecule has 32 heavy (non-hydrogen) atoms. The van der Waals surface area contributed by atoms with E-state index in [-0.39, 0.29) is 53.2 Å². The van der Waals surface area contributed by atoms with Crippen LogP contribution in [0.15, 0.2) is 54.6 Å². The van der Waals surface area contributed by atoms with Gasteiger partial charge >= 0.3 is 5.97 Å². The highest BCUT2D eigenvalue weighted by atomic mass is 16.6. The summed E-state index contributed by atoms with van der Waals surface area (Å²) in [5.74, 6) is -0.772. The first-order valence-electron chi connectivity index (χ1n) is 9.97. The van der Waals surface area contributed by atoms with Crippen LogP contribution in [-0.2, 0) is 19.9 Å². The molecule has 0 radical (unpaired) electrons. The normalized spacial score (nSPS) is 17.6. The number of fused-ring (bicyclic) bond motifs is 6. The summed E-state index contributed by atoms with van der Waals surface area (Å²) in [6, 6.07) is 13.7. The van der Waals surface area contributed by atoms with Gasteiger partial charge in [-0.25, -0.2) is 4.79 Å². The van der Waals surface area contributed by atoms with Gasteiger partial charge in [0.25, 0.3) is 0 Å². The van der Waals surface area contributed by atoms with Crippen molar-refractivity contribution in [1.82, 2.24) is 0 Å². The second-order valence-electron chi connectivity index (χ2n) is 7.89. The number of carbonyl (C=O) groups is 3. The number of ether oxygens (including phenoxy) is 2. The van der Waals surface area contributed by atoms with Crippen LogP contribution in [0.5, 0.6) is 23.0 Å². The number of hydrogen-bond donors (Lipinski definition) is 2. The molecule has 0 unspecified atom stereocenters. The topological polar surface area (TPSA) is 113 Å². The molecule has 6 rings (SSSR count). The van der Waals surface area contributed by atoms with E-state index in [9.17, 15) is 24.6 Å². The van der Waals surface area contributed by atoms with Gasteiger partial charge in [-0.05, 0) is 36.4 Å². The average molecular weight is 429 g/mol. The number of esters is 1. The standard InChI is InChI=1S/C24H15NO7/c26-13-2-5-17-19(10-13)31-20-11-14(27)3-6-18(20)24(17)16-4-1-12(9-15(16)23(30)32-24)25-21(28)7-8-22(25)29/h1-6,9-11,26-27H,7-8H2. The third kappa shape index (κ3) is 2.29. The van der Waals surface area contributed by atoms with E-state index < -0.39 is 11.6 Å². The molecule has 3 aliphatic heterocycles. The molecule has 3 aromatic rings. The first kappa shape index (κ1) is 18.4. The fourth-order valence-electron chi connectivity index (χ4n) is 4.70. The minimum atomic E-state index is -1.38. The highest BCUT2D eigenvalue weighted by Crippen LogP contribution is 2.57. The zero-order valence-corrected chi connectivity index (χ0v) is 16.5. The van der Waals surface area contributed by atoms with Gasteiger partial charge in [-0.1, -0.05) is 6.07 Å². The quantitative estimate of drug-likeness (QED) is 0.451. The Morgan fingerprint density at radius 3 is 1.91 bits per heavy atom. The number of hydrogen-bond acceptors (Lipinski definition) is 7. The van der Waals surface area contributed by atoms with E-state index in [0.717, 1.165) is 4.90 Å². The number of benzene rings is 3. The van der Waals surface area contributed by atoms with Crippen LogP contribution in [0.25, 0.3) is 0 Å². The summed E-state index contributed by atoms with van der Waals surface area (Å²) in [5.41, 5.74) is 0.661. The summed E-state index contributed by atoms with van der Waals surface area (Å²) in [4.78, 5) is 38.5. The Morgan fingerprint density at radius 1 is 0.750 bits per heavy atom. The molecule has 0 aliphatic carbocycles. The molecule has 8 nitrogen and oxygen atoms in total. The number of phenolic OH excluding ortho intramolecular Hbond substituents is 2. The summed E-state index contributed by atoms with van der Waals surface area (Å²) in [6.07, 6.45) is 0.269. The Bertz CT molecular complexity index is 1310. The molecule has 8 heteroatoms. The number of phenols is 2. The molecule has 0 saturated carbocycles. The summed E-state index contributed by atoms with van der Waals surface area (Å²) in [7, 11) is 0. The van der Waals surface area contributed by atoms with Gasteiger partial charge in [0, 0.05) is 41.7 Å². The molecule has 0 atom stereocenters. The van der Waals surface area contributed by atoms with E-state index >= 15 is 0 Å². The van der Waals surface area contributed by atoms with Crippen molar-refractivity contribution in [2.75, 3.05) is 4.90 Å². The van der Waals surface area contributed by atoms with Crippen molar-refractivity contribution in [3.8, 4) is 23.0 Å². The van der Waals surface area contributed by atoms with Gasteiger partial charge in [0.05, 0.1) is 11.3 Å². The van der Waals surface area contributed by atoms with E-state index in [1.807, 2.05) is 0 Å². The smallest absolute Gasteiger partial charge is 0.340 e. The van der Waals surface area contributed by atoms with Crippen LogP contribution in [0, 0.1) is 0 Å². The van der Waals surface area contributed by atoms with Gasteiger partial charge < -0.3 is 19.7 Å². The minimum absolute atomic E-state index is 0.0338. The first-order valence-corrected chi connectivity index (χ1v) is 9.97. The van der Waals surface area contributed by atoms with Crippen LogP contribution in [0.3, 0.4) is 0 Å². The van der Waals surface area contributed by atoms with Crippen LogP contribution < -0.4 is 9.64 Å². The van der Waals surface area contributed by atoms with Crippen LogP contribution in [0.1, 0.15) is 39.9 Å². The third-order valence-corrected chi connectivity index (χ3v) is 6.07. The molecular weight excluding hydrogens is 414 g/mol. The maximum absolute atomic E-state index is 13.1. The minimum Gasteiger partial charge on any atom is -0.508 e. The molecule has 1 fully saturated rings. The maximum atomic E-state index is 13.1. The van der Waals surface area contributed by atoms with Gasteiger partial charge in [0.15, 0.2) is 5.60 Å². The Morgan fingerprint density at radius 2 is 1.31 bits per heavy atom. The highest BCUT2D eigenvalue weighted by molar-refractivity contribution is 6.20. The lowest BCUT2D eigenvalue weighted by atomic mass is 9.77. The van der Waals surface area contributed by atoms with Crippen molar-refractivity contribution in [3.05, 3.63) is 76.9 Å². The van der Waals surface area contributed by atoms with E-state index in [1.165, 1.54) is 30.3 Å². The molecule has 0 aromatic heterocycles. The van der Waals surface area contributed by atoms with Crippen molar-refractivity contribution in [2.45, 2.75) is 18.4 Å². The van der Waals surface area contributed by atoms with E-state index in [4.69, 9.17) is 9.47 Å². The molecule has 1 saturated heterocycles. The van der Waals surface area contributed by atoms with Crippen molar-refractivity contribution >= 4 is 23.5 Å². The molecule has 3 heterocycles. The monoisotopic (exact) mass is 429 g/mol. The third-order valence-electron chi connectivity index (χ3n) is 6.07. The summed E-state index contributed by atoms with van der Waals surface area (Å²) in [6.45, 7) is 0. The SMILES string of the molecule is O=C1OC2(c3ccc(O)cc3Oc3cc(O)ccc32)c2ccc(N3C(=O)CCC3=O)cc21. The number of amides is 2. The zero-order chi connectivity index (χ0) is 22.2. The zero-order valence-electron chi connectivity index (χ0n) is 16.5. The van der Waals surface area contributed by atoms with Crippen molar-refractivity contribution < 1.29 is 34.1 Å². The molecule has 3 aromatic carbocycles. The van der Waals surface area contributed by atoms with Crippen molar-refractivity contribution in [3.63, 3.8) is 0 Å². The van der Waals surface area contributed by atoms with Crippen molar-refractivity contribution in [1.29, 1.82) is 0 Å². The maximum Gasteiger partial charge on any atom is 0.340 e. The van der Waals surface area contributed by atoms with Crippen LogP contribution in [0.2, 0.25) is 0 Å². The molecule has 3 aliphatic rings. The van der Waals surface area contributed by atoms with Crippen molar-refractivity contribution in [2.24, 2.45) is 0 Å². The van der Waals surface area contributed by atoms with E-state index in [2.05, 4.69) is 0 Å². The van der Waals surface area contributed by atoms with Gasteiger partial charge in [0.1, 0.15) is 23.0 Å². The number of anilines is 1. The Hall–Kier alpha value is -4.33. The van der Waals surface area contributed by atoms with Gasteiger partial charge in [0.2, 0.25) is 11.8 Å². The van der Waals surface area contributed by atoms with E-state index in [0.29, 0.717) is 22.4 Å². The number of nitrogens with zero attached hydrogens (tertiary/aromatic N) is 1. The first-order chi connectivity index (χ1) is 15.4. The molecule has 158 valence electrons. The summed E-state index contributed by atoms with van der Waals surface area (Å²) < 4.78 is 11.9. The lowest BCUT2D eigenvalue weighted by Crippen LogP contribution is -2.33. The summed E-state index contributed by atoms with van der Waals surface area (Å²) in [5, 5.41) is 19.9. The lowest BCUT2D eigenvalue weighted by Gasteiger charge is -2.36. The Balaban J connectivity index is 1.61. The number of rotatable bonds is 1. The molecule has 0 bridgehead atoms. The number of carbonyl (C=O) groups excluding carboxylic acids is 3. The van der Waals surface area contributed by atoms with E-state index in [1.54, 1.807) is 24.3 Å². The Labute approximate surface area is 181 Å². The molecule has 2 amide bonds. The second kappa shape index (κ2) is 6.10. The molecule has 2 N–H and O–H groups in total. The highest BCUT2D eigenvalue weighted by Gasteiger charge is 2.54. The average Bonchev–Trinajstić information content (AvgIpc) is 3.24. The fraction of sp³-hybridized carbons (Fsp3) is 0.125. The number of aromatic hydroxyl groups is 2.